The standard InChI is InChI=1S/C20H20ClFN2O3S/c1-12-8-15(13(2)23(12)6-7-27-3)9-18-19(25)24(20(26)28-18)11-14-4-5-16(22)10-17(14)21/h4-5,8-10H,6-7,11H2,1-3H3/b18-9-. The van der Waals surface area contributed by atoms with Crippen molar-refractivity contribution in [1.29, 1.82) is 0 Å². The molecule has 8 heteroatoms. The Kier molecular flexibility index (Phi) is 6.27. The first-order chi connectivity index (χ1) is 13.3. The number of carbonyl (C=O) groups is 2. The van der Waals surface area contributed by atoms with Crippen molar-refractivity contribution < 1.29 is 18.7 Å². The number of nitrogens with zero attached hydrogens (tertiary/aromatic N) is 2. The van der Waals surface area contributed by atoms with Gasteiger partial charge in [0.25, 0.3) is 11.1 Å². The van der Waals surface area contributed by atoms with Crippen LogP contribution >= 0.6 is 23.4 Å². The SMILES string of the molecule is COCCn1c(C)cc(/C=C2\SC(=O)N(Cc3ccc(F)cc3Cl)C2=O)c1C. The summed E-state index contributed by atoms with van der Waals surface area (Å²) in [4.78, 5) is 26.6. The van der Waals surface area contributed by atoms with E-state index in [4.69, 9.17) is 16.3 Å². The molecule has 0 atom stereocenters. The quantitative estimate of drug-likeness (QED) is 0.628. The molecule has 1 saturated heterocycles. The molecule has 2 aromatic rings. The summed E-state index contributed by atoms with van der Waals surface area (Å²) in [5, 5.41) is -0.186. The van der Waals surface area contributed by atoms with E-state index in [0.717, 1.165) is 33.6 Å². The number of thioether (sulfide) groups is 1. The van der Waals surface area contributed by atoms with Crippen LogP contribution in [0.1, 0.15) is 22.5 Å². The van der Waals surface area contributed by atoms with Crippen molar-refractivity contribution in [1.82, 2.24) is 9.47 Å². The molecule has 1 aliphatic heterocycles. The van der Waals surface area contributed by atoms with Gasteiger partial charge in [0.05, 0.1) is 18.1 Å². The van der Waals surface area contributed by atoms with E-state index in [-0.39, 0.29) is 22.7 Å². The van der Waals surface area contributed by atoms with Gasteiger partial charge in [0, 0.05) is 30.1 Å². The first kappa shape index (κ1) is 20.6. The smallest absolute Gasteiger partial charge is 0.293 e. The summed E-state index contributed by atoms with van der Waals surface area (Å²) in [5.41, 5.74) is 3.46. The van der Waals surface area contributed by atoms with Crippen molar-refractivity contribution in [3.05, 3.63) is 62.5 Å². The predicted molar refractivity (Wildman–Crippen MR) is 109 cm³/mol. The van der Waals surface area contributed by atoms with Crippen molar-refractivity contribution in [2.24, 2.45) is 0 Å². The summed E-state index contributed by atoms with van der Waals surface area (Å²) >= 11 is 6.92. The van der Waals surface area contributed by atoms with Gasteiger partial charge in [-0.05, 0) is 61.0 Å². The summed E-state index contributed by atoms with van der Waals surface area (Å²) in [5.74, 6) is -0.844. The molecule has 2 amide bonds. The highest BCUT2D eigenvalue weighted by atomic mass is 35.5. The van der Waals surface area contributed by atoms with Gasteiger partial charge in [0.1, 0.15) is 5.82 Å². The third-order valence-corrected chi connectivity index (χ3v) is 5.89. The van der Waals surface area contributed by atoms with Crippen LogP contribution in [0.2, 0.25) is 5.02 Å². The zero-order valence-electron chi connectivity index (χ0n) is 15.8. The van der Waals surface area contributed by atoms with Crippen molar-refractivity contribution in [2.45, 2.75) is 26.9 Å². The summed E-state index contributed by atoms with van der Waals surface area (Å²) in [6.07, 6.45) is 1.74. The topological polar surface area (TPSA) is 51.5 Å². The van der Waals surface area contributed by atoms with E-state index in [1.165, 1.54) is 18.2 Å². The molecule has 0 N–H and O–H groups in total. The molecule has 0 spiro atoms. The van der Waals surface area contributed by atoms with Crippen LogP contribution in [-0.4, -0.2) is 34.3 Å². The molecule has 2 heterocycles. The highest BCUT2D eigenvalue weighted by Gasteiger charge is 2.35. The Hall–Kier alpha value is -2.09. The van der Waals surface area contributed by atoms with Gasteiger partial charge < -0.3 is 9.30 Å². The van der Waals surface area contributed by atoms with Gasteiger partial charge in [-0.1, -0.05) is 17.7 Å². The lowest BCUT2D eigenvalue weighted by Crippen LogP contribution is -2.27. The molecule has 5 nitrogen and oxygen atoms in total. The van der Waals surface area contributed by atoms with Crippen LogP contribution in [0, 0.1) is 19.7 Å². The van der Waals surface area contributed by atoms with Crippen molar-refractivity contribution >= 4 is 40.6 Å². The third-order valence-electron chi connectivity index (χ3n) is 4.64. The number of amides is 2. The molecule has 0 bridgehead atoms. The third kappa shape index (κ3) is 4.16. The Morgan fingerprint density at radius 3 is 2.68 bits per heavy atom. The zero-order valence-corrected chi connectivity index (χ0v) is 17.4. The number of aryl methyl sites for hydroxylation is 1. The summed E-state index contributed by atoms with van der Waals surface area (Å²) < 4.78 is 20.5. The lowest BCUT2D eigenvalue weighted by molar-refractivity contribution is -0.123. The maximum Gasteiger partial charge on any atom is 0.293 e. The van der Waals surface area contributed by atoms with Crippen LogP contribution in [0.25, 0.3) is 6.08 Å². The monoisotopic (exact) mass is 422 g/mol. The maximum atomic E-state index is 13.2. The zero-order chi connectivity index (χ0) is 20.4. The van der Waals surface area contributed by atoms with E-state index in [1.54, 1.807) is 13.2 Å². The summed E-state index contributed by atoms with van der Waals surface area (Å²) in [7, 11) is 1.65. The van der Waals surface area contributed by atoms with Crippen molar-refractivity contribution in [2.75, 3.05) is 13.7 Å². The Morgan fingerprint density at radius 1 is 1.25 bits per heavy atom. The molecule has 1 aliphatic rings. The molecule has 1 fully saturated rings. The van der Waals surface area contributed by atoms with Crippen molar-refractivity contribution in [3.63, 3.8) is 0 Å². The Labute approximate surface area is 172 Å². The number of hydrogen-bond donors (Lipinski definition) is 0. The molecule has 0 unspecified atom stereocenters. The van der Waals surface area contributed by atoms with Gasteiger partial charge in [-0.2, -0.15) is 0 Å². The average Bonchev–Trinajstić information content (AvgIpc) is 3.05. The summed E-state index contributed by atoms with van der Waals surface area (Å²) in [6, 6.07) is 5.88. The second-order valence-corrected chi connectivity index (χ2v) is 7.87. The number of carbonyl (C=O) groups excluding carboxylic acids is 2. The second kappa shape index (κ2) is 8.51. The molecule has 0 radical (unpaired) electrons. The van der Waals surface area contributed by atoms with Crippen LogP contribution in [0.15, 0.2) is 29.2 Å². The Balaban J connectivity index is 1.83. The van der Waals surface area contributed by atoms with Gasteiger partial charge in [-0.15, -0.1) is 0 Å². The highest BCUT2D eigenvalue weighted by Crippen LogP contribution is 2.35. The fourth-order valence-corrected chi connectivity index (χ4v) is 4.15. The minimum atomic E-state index is -0.466. The van der Waals surface area contributed by atoms with Crippen LogP contribution in [-0.2, 0) is 22.6 Å². The molecule has 28 heavy (non-hydrogen) atoms. The molecule has 0 saturated carbocycles. The van der Waals surface area contributed by atoms with Crippen LogP contribution < -0.4 is 0 Å². The van der Waals surface area contributed by atoms with E-state index in [2.05, 4.69) is 4.57 Å². The Bertz CT molecular complexity index is 971. The van der Waals surface area contributed by atoms with Gasteiger partial charge in [0.15, 0.2) is 0 Å². The first-order valence-corrected chi connectivity index (χ1v) is 9.86. The predicted octanol–water partition coefficient (Wildman–Crippen LogP) is 4.78. The van der Waals surface area contributed by atoms with Crippen LogP contribution in [0.3, 0.4) is 0 Å². The van der Waals surface area contributed by atoms with E-state index in [1.807, 2.05) is 19.9 Å². The number of methoxy groups -OCH3 is 1. The minimum Gasteiger partial charge on any atom is -0.383 e. The van der Waals surface area contributed by atoms with Gasteiger partial charge in [0.2, 0.25) is 0 Å². The highest BCUT2D eigenvalue weighted by molar-refractivity contribution is 8.18. The van der Waals surface area contributed by atoms with Crippen molar-refractivity contribution in [3.8, 4) is 0 Å². The lowest BCUT2D eigenvalue weighted by Gasteiger charge is -2.13. The number of benzene rings is 1. The fraction of sp³-hybridized carbons (Fsp3) is 0.300. The van der Waals surface area contributed by atoms with E-state index in [0.29, 0.717) is 23.6 Å². The number of imide groups is 1. The largest absolute Gasteiger partial charge is 0.383 e. The molecule has 1 aromatic carbocycles. The van der Waals surface area contributed by atoms with Crippen LogP contribution in [0.4, 0.5) is 9.18 Å². The molecule has 3 rings (SSSR count). The van der Waals surface area contributed by atoms with Gasteiger partial charge in [-0.3, -0.25) is 14.5 Å². The number of rotatable bonds is 6. The number of halogens is 2. The lowest BCUT2D eigenvalue weighted by atomic mass is 10.2. The Morgan fingerprint density at radius 2 is 2.00 bits per heavy atom. The molecule has 148 valence electrons. The second-order valence-electron chi connectivity index (χ2n) is 6.47. The first-order valence-electron chi connectivity index (χ1n) is 8.66. The number of hydrogen-bond acceptors (Lipinski definition) is 4. The number of aromatic nitrogens is 1. The van der Waals surface area contributed by atoms with Gasteiger partial charge >= 0.3 is 0 Å². The summed E-state index contributed by atoms with van der Waals surface area (Å²) in [6.45, 7) is 5.27. The molecular formula is C20H20ClFN2O3S. The molecule has 1 aromatic heterocycles. The minimum absolute atomic E-state index is 0.00792. The van der Waals surface area contributed by atoms with E-state index in [9.17, 15) is 14.0 Å². The van der Waals surface area contributed by atoms with E-state index < -0.39 is 5.82 Å². The molecule has 0 aliphatic carbocycles. The normalized spacial score (nSPS) is 15.9. The van der Waals surface area contributed by atoms with Crippen LogP contribution in [0.5, 0.6) is 0 Å². The average molecular weight is 423 g/mol. The maximum absolute atomic E-state index is 13.2. The fourth-order valence-electron chi connectivity index (χ4n) is 3.10. The molecular weight excluding hydrogens is 403 g/mol. The van der Waals surface area contributed by atoms with Gasteiger partial charge in [-0.25, -0.2) is 4.39 Å². The number of ether oxygens (including phenoxy) is 1. The van der Waals surface area contributed by atoms with E-state index >= 15 is 0 Å².